The van der Waals surface area contributed by atoms with E-state index in [1.165, 1.54) is 0 Å². The largest absolute Gasteiger partial charge is 0.388 e. The Bertz CT molecular complexity index is 568. The van der Waals surface area contributed by atoms with Crippen LogP contribution in [-0.2, 0) is 9.57 Å². The van der Waals surface area contributed by atoms with Gasteiger partial charge in [-0.05, 0) is 24.0 Å². The van der Waals surface area contributed by atoms with Crippen LogP contribution in [0.2, 0.25) is 5.02 Å². The third-order valence-electron chi connectivity index (χ3n) is 3.30. The van der Waals surface area contributed by atoms with Crippen molar-refractivity contribution in [3.63, 3.8) is 0 Å². The van der Waals surface area contributed by atoms with Gasteiger partial charge in [0.1, 0.15) is 17.0 Å². The van der Waals surface area contributed by atoms with E-state index in [1.54, 1.807) is 18.3 Å². The summed E-state index contributed by atoms with van der Waals surface area (Å²) in [7, 11) is 0. The van der Waals surface area contributed by atoms with Gasteiger partial charge in [-0.25, -0.2) is 4.98 Å². The van der Waals surface area contributed by atoms with E-state index >= 15 is 0 Å². The van der Waals surface area contributed by atoms with Crippen molar-refractivity contribution in [2.24, 2.45) is 5.16 Å². The molecule has 19 heavy (non-hydrogen) atoms. The Balaban J connectivity index is 1.69. The molecule has 0 aromatic carbocycles. The lowest BCUT2D eigenvalue weighted by atomic mass is 9.89. The zero-order chi connectivity index (χ0) is 13.1. The van der Waals surface area contributed by atoms with Gasteiger partial charge < -0.3 is 9.57 Å². The summed E-state index contributed by atoms with van der Waals surface area (Å²) in [6.45, 7) is 1.46. The molecule has 2 aliphatic rings. The summed E-state index contributed by atoms with van der Waals surface area (Å²) in [5.41, 5.74) is 1.22. The number of pyridine rings is 1. The third kappa shape index (κ3) is 2.89. The summed E-state index contributed by atoms with van der Waals surface area (Å²) in [6, 6.07) is 3.45. The lowest BCUT2D eigenvalue weighted by molar-refractivity contribution is -0.0919. The van der Waals surface area contributed by atoms with Crippen LogP contribution in [0.4, 0.5) is 0 Å². The number of nitrogens with zero attached hydrogens (tertiary/aromatic N) is 2. The monoisotopic (exact) mass is 276 g/mol. The Hall–Kier alpha value is -1.57. The fourth-order valence-electron chi connectivity index (χ4n) is 2.21. The summed E-state index contributed by atoms with van der Waals surface area (Å²) in [6.07, 6.45) is 4.14. The topological polar surface area (TPSA) is 43.7 Å². The van der Waals surface area contributed by atoms with E-state index in [0.29, 0.717) is 10.7 Å². The van der Waals surface area contributed by atoms with Gasteiger partial charge in [-0.15, -0.1) is 0 Å². The molecule has 1 saturated heterocycles. The van der Waals surface area contributed by atoms with Crippen LogP contribution in [-0.4, -0.2) is 29.5 Å². The second-order valence-corrected chi connectivity index (χ2v) is 5.15. The molecule has 0 radical (unpaired) electrons. The summed E-state index contributed by atoms with van der Waals surface area (Å²) < 4.78 is 5.34. The molecule has 5 heteroatoms. The molecule has 1 fully saturated rings. The maximum atomic E-state index is 5.88. The van der Waals surface area contributed by atoms with Crippen LogP contribution >= 0.6 is 11.6 Å². The Kier molecular flexibility index (Phi) is 3.41. The molecular weight excluding hydrogens is 264 g/mol. The van der Waals surface area contributed by atoms with E-state index < -0.39 is 0 Å². The van der Waals surface area contributed by atoms with Crippen LogP contribution in [0.25, 0.3) is 0 Å². The first-order valence-electron chi connectivity index (χ1n) is 6.22. The van der Waals surface area contributed by atoms with Gasteiger partial charge in [0, 0.05) is 30.5 Å². The van der Waals surface area contributed by atoms with E-state index in [9.17, 15) is 0 Å². The summed E-state index contributed by atoms with van der Waals surface area (Å²) in [4.78, 5) is 9.70. The minimum Gasteiger partial charge on any atom is -0.388 e. The summed E-state index contributed by atoms with van der Waals surface area (Å²) in [5.74, 6) is 5.97. The molecule has 0 bridgehead atoms. The zero-order valence-corrected chi connectivity index (χ0v) is 11.1. The number of oxime groups is 1. The van der Waals surface area contributed by atoms with Crippen molar-refractivity contribution in [2.45, 2.75) is 24.9 Å². The highest BCUT2D eigenvalue weighted by Crippen LogP contribution is 2.33. The molecule has 98 valence electrons. The Morgan fingerprint density at radius 2 is 2.11 bits per heavy atom. The SMILES string of the molecule is Clc1ccnc(C#CC2=NOC3(CCOCC3)C2)c1. The Labute approximate surface area is 116 Å². The minimum atomic E-state index is -0.190. The van der Waals surface area contributed by atoms with Crippen molar-refractivity contribution >= 4 is 17.3 Å². The zero-order valence-electron chi connectivity index (χ0n) is 10.4. The van der Waals surface area contributed by atoms with Crippen molar-refractivity contribution in [3.05, 3.63) is 29.0 Å². The predicted octanol–water partition coefficient (Wildman–Crippen LogP) is 2.41. The van der Waals surface area contributed by atoms with E-state index in [2.05, 4.69) is 22.0 Å². The van der Waals surface area contributed by atoms with Gasteiger partial charge in [0.15, 0.2) is 0 Å². The average Bonchev–Trinajstić information content (AvgIpc) is 2.80. The number of ether oxygens (including phenoxy) is 1. The maximum absolute atomic E-state index is 5.88. The summed E-state index contributed by atoms with van der Waals surface area (Å²) >= 11 is 5.88. The molecular formula is C14H13ClN2O2. The van der Waals surface area contributed by atoms with Crippen molar-refractivity contribution in [2.75, 3.05) is 13.2 Å². The molecule has 0 saturated carbocycles. The van der Waals surface area contributed by atoms with Crippen LogP contribution in [0.1, 0.15) is 25.0 Å². The van der Waals surface area contributed by atoms with Crippen LogP contribution < -0.4 is 0 Å². The molecule has 2 aliphatic heterocycles. The van der Waals surface area contributed by atoms with Crippen molar-refractivity contribution < 1.29 is 9.57 Å². The van der Waals surface area contributed by atoms with Gasteiger partial charge in [0.25, 0.3) is 0 Å². The van der Waals surface area contributed by atoms with E-state index in [0.717, 1.165) is 38.2 Å². The summed E-state index contributed by atoms with van der Waals surface area (Å²) in [5, 5.41) is 4.71. The lowest BCUT2D eigenvalue weighted by Crippen LogP contribution is -2.36. The second kappa shape index (κ2) is 5.20. The van der Waals surface area contributed by atoms with Crippen LogP contribution in [0, 0.1) is 11.8 Å². The van der Waals surface area contributed by atoms with E-state index in [4.69, 9.17) is 21.2 Å². The van der Waals surface area contributed by atoms with Gasteiger partial charge in [-0.2, -0.15) is 0 Å². The maximum Gasteiger partial charge on any atom is 0.148 e. The molecule has 1 spiro atoms. The van der Waals surface area contributed by atoms with Crippen LogP contribution in [0.15, 0.2) is 23.5 Å². The highest BCUT2D eigenvalue weighted by atomic mass is 35.5. The average molecular weight is 277 g/mol. The van der Waals surface area contributed by atoms with Crippen LogP contribution in [0.5, 0.6) is 0 Å². The molecule has 0 atom stereocenters. The van der Waals surface area contributed by atoms with Gasteiger partial charge in [-0.3, -0.25) is 0 Å². The van der Waals surface area contributed by atoms with Crippen LogP contribution in [0.3, 0.4) is 0 Å². The standard InChI is InChI=1S/C14H13ClN2O2/c15-11-3-6-16-12(9-11)1-2-13-10-14(19-17-13)4-7-18-8-5-14/h3,6,9H,4-5,7-8,10H2. The highest BCUT2D eigenvalue weighted by molar-refractivity contribution is 6.30. The van der Waals surface area contributed by atoms with Gasteiger partial charge in [-0.1, -0.05) is 16.8 Å². The number of hydrogen-bond donors (Lipinski definition) is 0. The quantitative estimate of drug-likeness (QED) is 0.684. The molecule has 0 unspecified atom stereocenters. The molecule has 1 aromatic heterocycles. The van der Waals surface area contributed by atoms with Gasteiger partial charge >= 0.3 is 0 Å². The molecule has 0 N–H and O–H groups in total. The fraction of sp³-hybridized carbons (Fsp3) is 0.429. The van der Waals surface area contributed by atoms with E-state index in [1.807, 2.05) is 0 Å². The van der Waals surface area contributed by atoms with Crippen molar-refractivity contribution in [1.82, 2.24) is 4.98 Å². The van der Waals surface area contributed by atoms with E-state index in [-0.39, 0.29) is 5.60 Å². The molecule has 0 amide bonds. The molecule has 0 aliphatic carbocycles. The number of halogens is 1. The smallest absolute Gasteiger partial charge is 0.148 e. The Morgan fingerprint density at radius 1 is 1.26 bits per heavy atom. The minimum absolute atomic E-state index is 0.190. The normalized spacial score (nSPS) is 20.4. The Morgan fingerprint density at radius 3 is 2.89 bits per heavy atom. The van der Waals surface area contributed by atoms with Crippen molar-refractivity contribution in [1.29, 1.82) is 0 Å². The second-order valence-electron chi connectivity index (χ2n) is 4.71. The fourth-order valence-corrected chi connectivity index (χ4v) is 2.37. The molecule has 4 nitrogen and oxygen atoms in total. The molecule has 3 heterocycles. The first-order chi connectivity index (χ1) is 9.26. The predicted molar refractivity (Wildman–Crippen MR) is 72.0 cm³/mol. The van der Waals surface area contributed by atoms with Gasteiger partial charge in [0.2, 0.25) is 0 Å². The molecule has 3 rings (SSSR count). The lowest BCUT2D eigenvalue weighted by Gasteiger charge is -2.30. The first kappa shape index (κ1) is 12.5. The van der Waals surface area contributed by atoms with Crippen molar-refractivity contribution in [3.8, 4) is 11.8 Å². The number of rotatable bonds is 0. The highest BCUT2D eigenvalue weighted by Gasteiger charge is 2.40. The molecule has 1 aromatic rings. The first-order valence-corrected chi connectivity index (χ1v) is 6.60. The van der Waals surface area contributed by atoms with Gasteiger partial charge in [0.05, 0.1) is 13.2 Å². The number of aromatic nitrogens is 1. The third-order valence-corrected chi connectivity index (χ3v) is 3.54. The number of hydrogen-bond acceptors (Lipinski definition) is 4.